The Hall–Kier alpha value is -2.85. The number of allylic oxidation sites excluding steroid dienone is 14. The van der Waals surface area contributed by atoms with Gasteiger partial charge in [0.05, 0.1) is 19.8 Å². The number of hydrogen-bond acceptors (Lipinski definition) is 8. The van der Waals surface area contributed by atoms with Gasteiger partial charge >= 0.3 is 19.8 Å². The van der Waals surface area contributed by atoms with E-state index in [2.05, 4.69) is 98.9 Å². The third-order valence-corrected chi connectivity index (χ3v) is 10.6. The molecule has 0 aromatic carbocycles. The van der Waals surface area contributed by atoms with Gasteiger partial charge in [-0.2, -0.15) is 0 Å². The highest BCUT2D eigenvalue weighted by Gasteiger charge is 2.27. The number of ether oxygens (including phenoxy) is 2. The molecular weight excluding hydrogens is 790 g/mol. The molecule has 0 fully saturated rings. The van der Waals surface area contributed by atoms with Crippen molar-refractivity contribution in [2.75, 3.05) is 26.4 Å². The van der Waals surface area contributed by atoms with Gasteiger partial charge in [0.25, 0.3) is 0 Å². The fourth-order valence-corrected chi connectivity index (χ4v) is 6.79. The van der Waals surface area contributed by atoms with E-state index in [1.807, 2.05) is 0 Å². The molecule has 61 heavy (non-hydrogen) atoms. The number of carbonyl (C=O) groups excluding carboxylic acids is 1. The SMILES string of the molecule is CC/C=C\C/C=C\C/C=C\C/C=C\CCCCCCCOCC(COP(=O)(O)OCC(N)C(=O)O)OC(=O)CCCCCCCC/C=C\C/C=C\C/C=C\CCCCCCC. The molecule has 0 aromatic heterocycles. The Labute approximate surface area is 371 Å². The summed E-state index contributed by atoms with van der Waals surface area (Å²) < 4.78 is 33.4. The Morgan fingerprint density at radius 2 is 0.951 bits per heavy atom. The maximum atomic E-state index is 12.7. The molecule has 0 aliphatic carbocycles. The van der Waals surface area contributed by atoms with Crippen LogP contribution in [0.3, 0.4) is 0 Å². The molecule has 3 atom stereocenters. The molecule has 4 N–H and O–H groups in total. The van der Waals surface area contributed by atoms with Crippen molar-refractivity contribution in [3.63, 3.8) is 0 Å². The van der Waals surface area contributed by atoms with Gasteiger partial charge in [0.15, 0.2) is 0 Å². The number of nitrogens with two attached hydrogens (primary N) is 1. The van der Waals surface area contributed by atoms with Crippen molar-refractivity contribution in [2.24, 2.45) is 5.73 Å². The number of unbranched alkanes of at least 4 members (excludes halogenated alkanes) is 16. The second-order valence-electron chi connectivity index (χ2n) is 15.5. The molecule has 0 heterocycles. The molecule has 0 radical (unpaired) electrons. The van der Waals surface area contributed by atoms with Crippen LogP contribution in [0.5, 0.6) is 0 Å². The Morgan fingerprint density at radius 1 is 0.541 bits per heavy atom. The number of carboxylic acid groups (broad SMARTS) is 1. The highest BCUT2D eigenvalue weighted by Crippen LogP contribution is 2.43. The van der Waals surface area contributed by atoms with Crippen molar-refractivity contribution in [3.8, 4) is 0 Å². The monoisotopic (exact) mass is 876 g/mol. The summed E-state index contributed by atoms with van der Waals surface area (Å²) in [4.78, 5) is 33.6. The Kier molecular flexibility index (Phi) is 43.1. The number of hydrogen-bond donors (Lipinski definition) is 3. The zero-order valence-electron chi connectivity index (χ0n) is 38.2. The molecule has 3 unspecified atom stereocenters. The molecule has 350 valence electrons. The van der Waals surface area contributed by atoms with Crippen LogP contribution in [-0.4, -0.2) is 60.5 Å². The highest BCUT2D eigenvalue weighted by molar-refractivity contribution is 7.47. The first-order valence-corrected chi connectivity index (χ1v) is 25.1. The topological polar surface area (TPSA) is 155 Å². The number of rotatable bonds is 44. The maximum absolute atomic E-state index is 12.7. The van der Waals surface area contributed by atoms with Crippen LogP contribution in [0.4, 0.5) is 0 Å². The lowest BCUT2D eigenvalue weighted by atomic mass is 10.1. The van der Waals surface area contributed by atoms with Crippen molar-refractivity contribution in [1.29, 1.82) is 0 Å². The quantitative estimate of drug-likeness (QED) is 0.0233. The summed E-state index contributed by atoms with van der Waals surface area (Å²) in [6, 6.07) is -1.48. The van der Waals surface area contributed by atoms with Crippen molar-refractivity contribution < 1.29 is 42.7 Å². The fourth-order valence-electron chi connectivity index (χ4n) is 6.01. The average Bonchev–Trinajstić information content (AvgIpc) is 3.24. The molecule has 0 saturated carbocycles. The van der Waals surface area contributed by atoms with E-state index in [0.29, 0.717) is 13.0 Å². The average molecular weight is 876 g/mol. The molecule has 0 spiro atoms. The normalized spacial score (nSPS) is 14.6. The van der Waals surface area contributed by atoms with E-state index < -0.39 is 45.1 Å². The number of aliphatic carboxylic acids is 1. The summed E-state index contributed by atoms with van der Waals surface area (Å²) in [7, 11) is -4.63. The molecule has 0 amide bonds. The molecule has 0 rings (SSSR count). The maximum Gasteiger partial charge on any atom is 0.472 e. The van der Waals surface area contributed by atoms with Gasteiger partial charge in [-0.15, -0.1) is 0 Å². The Morgan fingerprint density at radius 3 is 1.43 bits per heavy atom. The second-order valence-corrected chi connectivity index (χ2v) is 17.0. The van der Waals surface area contributed by atoms with Crippen LogP contribution in [0.1, 0.15) is 181 Å². The first-order valence-electron chi connectivity index (χ1n) is 23.6. The van der Waals surface area contributed by atoms with Crippen molar-refractivity contribution in [2.45, 2.75) is 193 Å². The van der Waals surface area contributed by atoms with E-state index in [0.717, 1.165) is 116 Å². The zero-order chi connectivity index (χ0) is 44.8. The van der Waals surface area contributed by atoms with E-state index >= 15 is 0 Å². The minimum absolute atomic E-state index is 0.00635. The van der Waals surface area contributed by atoms with Crippen LogP contribution in [0.25, 0.3) is 0 Å². The van der Waals surface area contributed by atoms with E-state index in [1.54, 1.807) is 0 Å². The second kappa shape index (κ2) is 45.2. The third-order valence-electron chi connectivity index (χ3n) is 9.66. The lowest BCUT2D eigenvalue weighted by Crippen LogP contribution is -2.34. The van der Waals surface area contributed by atoms with Crippen LogP contribution in [0.15, 0.2) is 85.1 Å². The van der Waals surface area contributed by atoms with Crippen LogP contribution in [0, 0.1) is 0 Å². The molecule has 11 heteroatoms. The number of esters is 1. The molecule has 10 nitrogen and oxygen atoms in total. The van der Waals surface area contributed by atoms with Crippen molar-refractivity contribution >= 4 is 19.8 Å². The van der Waals surface area contributed by atoms with Gasteiger partial charge in [0.1, 0.15) is 12.1 Å². The van der Waals surface area contributed by atoms with Crippen molar-refractivity contribution in [1.82, 2.24) is 0 Å². The lowest BCUT2D eigenvalue weighted by Gasteiger charge is -2.20. The number of carboxylic acids is 1. The molecule has 0 aliphatic heterocycles. The summed E-state index contributed by atoms with van der Waals surface area (Å²) in [6.45, 7) is 3.69. The van der Waals surface area contributed by atoms with Gasteiger partial charge < -0.3 is 25.2 Å². The van der Waals surface area contributed by atoms with E-state index in [4.69, 9.17) is 29.4 Å². The molecule has 0 aromatic rings. The first-order chi connectivity index (χ1) is 29.7. The Bertz CT molecular complexity index is 1290. The van der Waals surface area contributed by atoms with Crippen LogP contribution < -0.4 is 5.73 Å². The fraction of sp³-hybridized carbons (Fsp3) is 0.680. The Balaban J connectivity index is 4.28. The van der Waals surface area contributed by atoms with Crippen LogP contribution >= 0.6 is 7.82 Å². The van der Waals surface area contributed by atoms with Gasteiger partial charge in [0, 0.05) is 13.0 Å². The number of phosphoric acid groups is 1. The van der Waals surface area contributed by atoms with Crippen LogP contribution in [-0.2, 0) is 32.7 Å². The number of phosphoric ester groups is 1. The van der Waals surface area contributed by atoms with Gasteiger partial charge in [-0.1, -0.05) is 170 Å². The summed E-state index contributed by atoms with van der Waals surface area (Å²) in [5, 5.41) is 8.91. The minimum Gasteiger partial charge on any atom is -0.480 e. The minimum atomic E-state index is -4.63. The van der Waals surface area contributed by atoms with Gasteiger partial charge in [-0.25, -0.2) is 4.57 Å². The van der Waals surface area contributed by atoms with Crippen LogP contribution in [0.2, 0.25) is 0 Å². The summed E-state index contributed by atoms with van der Waals surface area (Å²) in [6.07, 6.45) is 57.7. The van der Waals surface area contributed by atoms with Crippen molar-refractivity contribution in [3.05, 3.63) is 85.1 Å². The summed E-state index contributed by atoms with van der Waals surface area (Å²) in [5.74, 6) is -1.81. The van der Waals surface area contributed by atoms with E-state index in [1.165, 1.54) is 38.5 Å². The van der Waals surface area contributed by atoms with E-state index in [-0.39, 0.29) is 13.0 Å². The van der Waals surface area contributed by atoms with Gasteiger partial charge in [0.2, 0.25) is 0 Å². The zero-order valence-corrected chi connectivity index (χ0v) is 39.1. The molecule has 0 bridgehead atoms. The summed E-state index contributed by atoms with van der Waals surface area (Å²) in [5.41, 5.74) is 5.36. The predicted octanol–water partition coefficient (Wildman–Crippen LogP) is 13.5. The largest absolute Gasteiger partial charge is 0.480 e. The van der Waals surface area contributed by atoms with E-state index in [9.17, 15) is 19.0 Å². The molecule has 0 saturated heterocycles. The standard InChI is InChI=1S/C50H86NO9P/c1-3-5-7-9-11-13-15-17-19-21-23-24-25-26-28-30-32-34-36-38-40-42-49(52)60-47(45-58-61(55,56)59-46-48(51)50(53)54)44-57-43-41-39-37-35-33-31-29-27-22-20-18-16-14-12-10-8-6-4-2/h6,8,12,14-15,17-18,20-21,23,25-27,29,47-48H,3-5,7,9-11,13,16,19,22,24,28,30-46,51H2,1-2H3,(H,53,54)(H,55,56)/b8-6-,14-12-,17-15-,20-18-,23-21-,26-25-,29-27-. The van der Waals surface area contributed by atoms with Gasteiger partial charge in [-0.3, -0.25) is 18.6 Å². The molecular formula is C50H86NO9P. The van der Waals surface area contributed by atoms with Gasteiger partial charge in [-0.05, 0) is 89.9 Å². The summed E-state index contributed by atoms with van der Waals surface area (Å²) >= 11 is 0. The number of carbonyl (C=O) groups is 2. The molecule has 0 aliphatic rings. The first kappa shape index (κ1) is 58.1. The predicted molar refractivity (Wildman–Crippen MR) is 253 cm³/mol. The third kappa shape index (κ3) is 45.0. The lowest BCUT2D eigenvalue weighted by molar-refractivity contribution is -0.154. The smallest absolute Gasteiger partial charge is 0.472 e. The highest BCUT2D eigenvalue weighted by atomic mass is 31.2.